The molecule has 0 radical (unpaired) electrons. The highest BCUT2D eigenvalue weighted by atomic mass is 32.1. The maximum Gasteiger partial charge on any atom is 0.235 e. The molecule has 0 aliphatic heterocycles. The van der Waals surface area contributed by atoms with Gasteiger partial charge in [0.15, 0.2) is 0 Å². The summed E-state index contributed by atoms with van der Waals surface area (Å²) in [6.07, 6.45) is 0. The third-order valence-corrected chi connectivity index (χ3v) is 11.5. The molecule has 0 saturated carbocycles. The summed E-state index contributed by atoms with van der Waals surface area (Å²) < 4.78 is 13.3. The smallest absolute Gasteiger partial charge is 0.235 e. The molecule has 214 valence electrons. The molecule has 0 aliphatic rings. The second kappa shape index (κ2) is 9.01. The standard InChI is InChI=1S/C40H21N3OS2/c1-5-13-29-23(9-1)25-18-20-34-35(26-11-3-7-15-32(26)45-34)38(25)43(29)40-41-36(39-37(42-40)27-12-4-8-16-33(27)46-39)22-17-19-31-28(21-22)24-10-2-6-14-30(24)44-31/h1-21H. The predicted octanol–water partition coefficient (Wildman–Crippen LogP) is 11.9. The number of hydrogen-bond donors (Lipinski definition) is 0. The second-order valence-electron chi connectivity index (χ2n) is 11.7. The number of fused-ring (bicyclic) bond motifs is 13. The van der Waals surface area contributed by atoms with Crippen LogP contribution in [0.15, 0.2) is 132 Å². The van der Waals surface area contributed by atoms with Gasteiger partial charge in [0.25, 0.3) is 0 Å². The summed E-state index contributed by atoms with van der Waals surface area (Å²) in [6, 6.07) is 45.1. The minimum absolute atomic E-state index is 0.678. The third-order valence-electron chi connectivity index (χ3n) is 9.23. The van der Waals surface area contributed by atoms with E-state index in [0.29, 0.717) is 5.95 Å². The van der Waals surface area contributed by atoms with Gasteiger partial charge in [0, 0.05) is 57.4 Å². The zero-order chi connectivity index (χ0) is 29.9. The summed E-state index contributed by atoms with van der Waals surface area (Å²) in [5.41, 5.74) is 6.97. The SMILES string of the molecule is c1ccc2c(c1)oc1ccc(-c3nc(-n4c5ccccc5c5ccc6sc7ccccc7c6c54)nc4c3sc3ccccc34)cc12. The molecule has 0 fully saturated rings. The highest BCUT2D eigenvalue weighted by molar-refractivity contribution is 7.26. The van der Waals surface area contributed by atoms with Gasteiger partial charge in [-0.1, -0.05) is 78.9 Å². The largest absolute Gasteiger partial charge is 0.456 e. The Hall–Kier alpha value is -5.56. The van der Waals surface area contributed by atoms with Crippen molar-refractivity contribution in [1.82, 2.24) is 14.5 Å². The van der Waals surface area contributed by atoms with Crippen LogP contribution in [0.2, 0.25) is 0 Å². The Labute approximate surface area is 269 Å². The zero-order valence-corrected chi connectivity index (χ0v) is 25.8. The first-order valence-corrected chi connectivity index (χ1v) is 16.9. The lowest BCUT2D eigenvalue weighted by atomic mass is 10.1. The first-order valence-electron chi connectivity index (χ1n) is 15.2. The van der Waals surface area contributed by atoms with Crippen molar-refractivity contribution < 1.29 is 4.42 Å². The topological polar surface area (TPSA) is 43.9 Å². The van der Waals surface area contributed by atoms with E-state index in [-0.39, 0.29) is 0 Å². The maximum atomic E-state index is 6.19. The molecule has 11 rings (SSSR count). The number of thiophene rings is 2. The quantitative estimate of drug-likeness (QED) is 0.192. The summed E-state index contributed by atoms with van der Waals surface area (Å²) in [6.45, 7) is 0. The molecule has 4 nitrogen and oxygen atoms in total. The van der Waals surface area contributed by atoms with Crippen LogP contribution >= 0.6 is 22.7 Å². The van der Waals surface area contributed by atoms with E-state index in [1.165, 1.54) is 35.6 Å². The normalized spacial score (nSPS) is 12.3. The molecule has 11 aromatic rings. The molecule has 6 heteroatoms. The molecule has 0 saturated heterocycles. The van der Waals surface area contributed by atoms with Gasteiger partial charge in [-0.25, -0.2) is 9.97 Å². The fourth-order valence-electron chi connectivity index (χ4n) is 7.22. The van der Waals surface area contributed by atoms with Crippen molar-refractivity contribution in [3.8, 4) is 17.2 Å². The van der Waals surface area contributed by atoms with Crippen LogP contribution in [0, 0.1) is 0 Å². The molecule has 5 heterocycles. The van der Waals surface area contributed by atoms with E-state index in [2.05, 4.69) is 120 Å². The van der Waals surface area contributed by atoms with E-state index < -0.39 is 0 Å². The maximum absolute atomic E-state index is 6.19. The fraction of sp³-hybridized carbons (Fsp3) is 0. The Morgan fingerprint density at radius 1 is 0.522 bits per heavy atom. The average molecular weight is 624 g/mol. The van der Waals surface area contributed by atoms with Gasteiger partial charge >= 0.3 is 0 Å². The van der Waals surface area contributed by atoms with Gasteiger partial charge in [-0.3, -0.25) is 4.57 Å². The molecule has 0 amide bonds. The van der Waals surface area contributed by atoms with Crippen molar-refractivity contribution in [1.29, 1.82) is 0 Å². The molecule has 46 heavy (non-hydrogen) atoms. The van der Waals surface area contributed by atoms with Gasteiger partial charge < -0.3 is 4.42 Å². The molecule has 0 N–H and O–H groups in total. The van der Waals surface area contributed by atoms with Gasteiger partial charge in [0.05, 0.1) is 26.9 Å². The van der Waals surface area contributed by atoms with Crippen LogP contribution in [0.3, 0.4) is 0 Å². The Morgan fingerprint density at radius 3 is 2.13 bits per heavy atom. The average Bonchev–Trinajstić information content (AvgIpc) is 3.86. The molecular formula is C40H21N3OS2. The van der Waals surface area contributed by atoms with Crippen molar-refractivity contribution in [2.45, 2.75) is 0 Å². The molecule has 0 atom stereocenters. The number of para-hydroxylation sites is 2. The monoisotopic (exact) mass is 623 g/mol. The lowest BCUT2D eigenvalue weighted by molar-refractivity contribution is 0.669. The summed E-state index contributed by atoms with van der Waals surface area (Å²) in [4.78, 5) is 10.9. The first kappa shape index (κ1) is 24.7. The predicted molar refractivity (Wildman–Crippen MR) is 195 cm³/mol. The van der Waals surface area contributed by atoms with Crippen LogP contribution in [0.5, 0.6) is 0 Å². The summed E-state index contributed by atoms with van der Waals surface area (Å²) in [7, 11) is 0. The number of benzene rings is 6. The molecule has 6 aromatic carbocycles. The van der Waals surface area contributed by atoms with E-state index in [1.54, 1.807) is 11.3 Å². The molecule has 0 bridgehead atoms. The van der Waals surface area contributed by atoms with Crippen LogP contribution < -0.4 is 0 Å². The Morgan fingerprint density at radius 2 is 1.24 bits per heavy atom. The van der Waals surface area contributed by atoms with Crippen LogP contribution in [0.1, 0.15) is 0 Å². The Bertz CT molecular complexity index is 3050. The van der Waals surface area contributed by atoms with Gasteiger partial charge in [0.1, 0.15) is 11.2 Å². The van der Waals surface area contributed by atoms with E-state index in [9.17, 15) is 0 Å². The van der Waals surface area contributed by atoms with Crippen molar-refractivity contribution in [2.75, 3.05) is 0 Å². The highest BCUT2D eigenvalue weighted by Gasteiger charge is 2.22. The van der Waals surface area contributed by atoms with Crippen molar-refractivity contribution >= 4 is 107 Å². The highest BCUT2D eigenvalue weighted by Crippen LogP contribution is 2.44. The van der Waals surface area contributed by atoms with Crippen LogP contribution in [-0.2, 0) is 0 Å². The fourth-order valence-corrected chi connectivity index (χ4v) is 9.48. The van der Waals surface area contributed by atoms with Crippen LogP contribution in [0.25, 0.3) is 101 Å². The van der Waals surface area contributed by atoms with Gasteiger partial charge in [-0.15, -0.1) is 22.7 Å². The number of nitrogens with zero attached hydrogens (tertiary/aromatic N) is 3. The molecule has 5 aromatic heterocycles. The molecule has 0 spiro atoms. The van der Waals surface area contributed by atoms with E-state index >= 15 is 0 Å². The van der Waals surface area contributed by atoms with Crippen LogP contribution in [0.4, 0.5) is 0 Å². The van der Waals surface area contributed by atoms with Gasteiger partial charge in [0.2, 0.25) is 5.95 Å². The van der Waals surface area contributed by atoms with Crippen molar-refractivity contribution in [3.63, 3.8) is 0 Å². The summed E-state index contributed by atoms with van der Waals surface area (Å²) in [5.74, 6) is 0.678. The second-order valence-corrected chi connectivity index (χ2v) is 13.9. The van der Waals surface area contributed by atoms with Gasteiger partial charge in [-0.05, 0) is 48.5 Å². The van der Waals surface area contributed by atoms with E-state index in [0.717, 1.165) is 59.8 Å². The first-order chi connectivity index (χ1) is 22.8. The minimum Gasteiger partial charge on any atom is -0.456 e. The lowest BCUT2D eigenvalue weighted by Crippen LogP contribution is -2.03. The van der Waals surface area contributed by atoms with Crippen molar-refractivity contribution in [3.05, 3.63) is 127 Å². The van der Waals surface area contributed by atoms with Gasteiger partial charge in [-0.2, -0.15) is 0 Å². The Kier molecular flexibility index (Phi) is 4.84. The molecule has 0 aliphatic carbocycles. The van der Waals surface area contributed by atoms with E-state index in [1.807, 2.05) is 23.5 Å². The summed E-state index contributed by atoms with van der Waals surface area (Å²) in [5, 5.41) is 8.26. The number of furan rings is 1. The number of hydrogen-bond acceptors (Lipinski definition) is 5. The van der Waals surface area contributed by atoms with Crippen LogP contribution in [-0.4, -0.2) is 14.5 Å². The molecular weight excluding hydrogens is 603 g/mol. The number of rotatable bonds is 2. The van der Waals surface area contributed by atoms with Crippen molar-refractivity contribution in [2.24, 2.45) is 0 Å². The van der Waals surface area contributed by atoms with E-state index in [4.69, 9.17) is 14.4 Å². The minimum atomic E-state index is 0.678. The zero-order valence-electron chi connectivity index (χ0n) is 24.2. The number of aromatic nitrogens is 3. The summed E-state index contributed by atoms with van der Waals surface area (Å²) >= 11 is 3.59. The molecule has 0 unspecified atom stereocenters. The lowest BCUT2D eigenvalue weighted by Gasteiger charge is -2.11. The Balaban J connectivity index is 1.31. The third kappa shape index (κ3) is 3.27.